The van der Waals surface area contributed by atoms with Crippen LogP contribution in [0.25, 0.3) is 11.4 Å². The van der Waals surface area contributed by atoms with Crippen molar-refractivity contribution in [2.24, 2.45) is 0 Å². The van der Waals surface area contributed by atoms with Crippen molar-refractivity contribution in [3.63, 3.8) is 0 Å². The summed E-state index contributed by atoms with van der Waals surface area (Å²) in [6, 6.07) is 17.8. The third kappa shape index (κ3) is 3.45. The summed E-state index contributed by atoms with van der Waals surface area (Å²) in [7, 11) is 0. The first-order valence-electron chi connectivity index (χ1n) is 9.54. The zero-order chi connectivity index (χ0) is 19.5. The summed E-state index contributed by atoms with van der Waals surface area (Å²) < 4.78 is 7.81. The molecule has 2 aromatic carbocycles. The number of amides is 2. The first-order valence-corrected chi connectivity index (χ1v) is 9.54. The van der Waals surface area contributed by atoms with Gasteiger partial charge in [0.2, 0.25) is 0 Å². The smallest absolute Gasteiger partial charge is 0.322 e. The van der Waals surface area contributed by atoms with Crippen molar-refractivity contribution in [3.8, 4) is 17.1 Å². The number of nitrogens with zero attached hydrogens (tertiary/aromatic N) is 3. The molecule has 2 heterocycles. The third-order valence-corrected chi connectivity index (χ3v) is 4.96. The zero-order valence-corrected chi connectivity index (χ0v) is 16.1. The highest BCUT2D eigenvalue weighted by atomic mass is 16.5. The number of rotatable bonds is 5. The van der Waals surface area contributed by atoms with Gasteiger partial charge in [-0.25, -0.2) is 9.78 Å². The van der Waals surface area contributed by atoms with Gasteiger partial charge in [0.05, 0.1) is 18.3 Å². The monoisotopic (exact) mass is 376 g/mol. The molecule has 6 nitrogen and oxygen atoms in total. The molecule has 6 heteroatoms. The summed E-state index contributed by atoms with van der Waals surface area (Å²) in [5.41, 5.74) is 2.89. The molecule has 2 amide bonds. The second-order valence-corrected chi connectivity index (χ2v) is 6.88. The van der Waals surface area contributed by atoms with E-state index in [1.165, 1.54) is 0 Å². The molecule has 0 bridgehead atoms. The van der Waals surface area contributed by atoms with Gasteiger partial charge in [-0.1, -0.05) is 42.5 Å². The van der Waals surface area contributed by atoms with Gasteiger partial charge in [-0.3, -0.25) is 0 Å². The number of carbonyl (C=O) groups excluding carboxylic acids is 1. The highest BCUT2D eigenvalue weighted by Crippen LogP contribution is 2.31. The predicted molar refractivity (Wildman–Crippen MR) is 110 cm³/mol. The van der Waals surface area contributed by atoms with E-state index in [2.05, 4.69) is 33.9 Å². The fourth-order valence-corrected chi connectivity index (χ4v) is 3.54. The Labute approximate surface area is 164 Å². The quantitative estimate of drug-likeness (QED) is 0.720. The fraction of sp³-hybridized carbons (Fsp3) is 0.273. The molecule has 0 spiro atoms. The minimum atomic E-state index is -0.109. The molecule has 0 unspecified atom stereocenters. The fourth-order valence-electron chi connectivity index (χ4n) is 3.54. The Bertz CT molecular complexity index is 962. The van der Waals surface area contributed by atoms with Gasteiger partial charge in [-0.15, -0.1) is 0 Å². The number of para-hydroxylation sites is 2. The van der Waals surface area contributed by atoms with Gasteiger partial charge in [0, 0.05) is 30.5 Å². The van der Waals surface area contributed by atoms with Crippen LogP contribution >= 0.6 is 0 Å². The minimum absolute atomic E-state index is 0.109. The van der Waals surface area contributed by atoms with Crippen molar-refractivity contribution in [2.75, 3.05) is 25.0 Å². The summed E-state index contributed by atoms with van der Waals surface area (Å²) in [6.45, 7) is 5.84. The van der Waals surface area contributed by atoms with Crippen molar-refractivity contribution < 1.29 is 9.53 Å². The van der Waals surface area contributed by atoms with Crippen LogP contribution in [0.15, 0.2) is 60.8 Å². The molecule has 4 rings (SSSR count). The molecule has 0 radical (unpaired) electrons. The number of hydrogen-bond donors (Lipinski definition) is 1. The van der Waals surface area contributed by atoms with E-state index < -0.39 is 0 Å². The van der Waals surface area contributed by atoms with Crippen LogP contribution in [0.4, 0.5) is 10.5 Å². The first-order chi connectivity index (χ1) is 13.7. The normalized spacial score (nSPS) is 13.9. The van der Waals surface area contributed by atoms with E-state index in [9.17, 15) is 4.79 Å². The van der Waals surface area contributed by atoms with Gasteiger partial charge in [0.15, 0.2) is 0 Å². The minimum Gasteiger partial charge on any atom is -0.492 e. The number of anilines is 1. The van der Waals surface area contributed by atoms with Crippen molar-refractivity contribution in [1.29, 1.82) is 0 Å². The number of aryl methyl sites for hydroxylation is 1. The maximum atomic E-state index is 12.6. The Morgan fingerprint density at radius 2 is 1.86 bits per heavy atom. The van der Waals surface area contributed by atoms with E-state index in [0.717, 1.165) is 17.1 Å². The Morgan fingerprint density at radius 1 is 1.14 bits per heavy atom. The Balaban J connectivity index is 1.44. The van der Waals surface area contributed by atoms with Crippen LogP contribution in [0, 0.1) is 6.92 Å². The molecule has 1 aromatic heterocycles. The molecule has 1 N–H and O–H groups in total. The summed E-state index contributed by atoms with van der Waals surface area (Å²) in [6.07, 6.45) is 1.89. The maximum Gasteiger partial charge on any atom is 0.322 e. The summed E-state index contributed by atoms with van der Waals surface area (Å²) in [4.78, 5) is 19.0. The molecular formula is C22H24N4O2. The van der Waals surface area contributed by atoms with E-state index >= 15 is 0 Å². The molecule has 144 valence electrons. The van der Waals surface area contributed by atoms with E-state index in [-0.39, 0.29) is 12.1 Å². The van der Waals surface area contributed by atoms with E-state index in [1.807, 2.05) is 60.5 Å². The van der Waals surface area contributed by atoms with Crippen molar-refractivity contribution in [2.45, 2.75) is 19.9 Å². The Morgan fingerprint density at radius 3 is 2.61 bits per heavy atom. The second-order valence-electron chi connectivity index (χ2n) is 6.88. The molecular weight excluding hydrogens is 352 g/mol. The van der Waals surface area contributed by atoms with Crippen LogP contribution in [0.1, 0.15) is 18.7 Å². The van der Waals surface area contributed by atoms with Crippen LogP contribution in [0.3, 0.4) is 0 Å². The highest BCUT2D eigenvalue weighted by molar-refractivity contribution is 5.91. The molecule has 0 saturated carbocycles. The lowest BCUT2D eigenvalue weighted by Crippen LogP contribution is -2.52. The van der Waals surface area contributed by atoms with E-state index in [4.69, 9.17) is 4.74 Å². The average Bonchev–Trinajstić information content (AvgIpc) is 3.04. The lowest BCUT2D eigenvalue weighted by Gasteiger charge is -2.41. The lowest BCUT2D eigenvalue weighted by atomic mass is 10.1. The molecule has 0 atom stereocenters. The topological polar surface area (TPSA) is 59.4 Å². The van der Waals surface area contributed by atoms with E-state index in [0.29, 0.717) is 31.1 Å². The lowest BCUT2D eigenvalue weighted by molar-refractivity contribution is 0.135. The summed E-state index contributed by atoms with van der Waals surface area (Å²) in [5.74, 6) is 1.64. The Kier molecular flexibility index (Phi) is 5.02. The molecule has 3 aromatic rings. The maximum absolute atomic E-state index is 12.6. The van der Waals surface area contributed by atoms with E-state index in [1.54, 1.807) is 0 Å². The Hall–Kier alpha value is -3.28. The van der Waals surface area contributed by atoms with Gasteiger partial charge >= 0.3 is 6.03 Å². The van der Waals surface area contributed by atoms with Crippen molar-refractivity contribution in [3.05, 3.63) is 66.5 Å². The largest absolute Gasteiger partial charge is 0.492 e. The molecule has 1 saturated heterocycles. The van der Waals surface area contributed by atoms with Crippen molar-refractivity contribution >= 4 is 11.7 Å². The second kappa shape index (κ2) is 7.76. The SMILES string of the molecule is CCOc1ccccc1NC(=O)N1CC(n2c(C)cnc2-c2ccccc2)C1. The van der Waals surface area contributed by atoms with Gasteiger partial charge in [0.1, 0.15) is 11.6 Å². The van der Waals surface area contributed by atoms with Gasteiger partial charge in [0.25, 0.3) is 0 Å². The number of hydrogen-bond acceptors (Lipinski definition) is 3. The van der Waals surface area contributed by atoms with Crippen LogP contribution in [0.2, 0.25) is 0 Å². The standard InChI is InChI=1S/C22H24N4O2/c1-3-28-20-12-8-7-11-19(20)24-22(27)25-14-18(15-25)26-16(2)13-23-21(26)17-9-5-4-6-10-17/h4-13,18H,3,14-15H2,1-2H3,(H,24,27). The van der Waals surface area contributed by atoms with Gasteiger partial charge in [-0.05, 0) is 26.0 Å². The van der Waals surface area contributed by atoms with Gasteiger partial charge < -0.3 is 19.5 Å². The summed E-state index contributed by atoms with van der Waals surface area (Å²) in [5, 5.41) is 2.96. The number of likely N-dealkylation sites (tertiary alicyclic amines) is 1. The van der Waals surface area contributed by atoms with Crippen LogP contribution in [-0.4, -0.2) is 40.2 Å². The molecule has 28 heavy (non-hydrogen) atoms. The zero-order valence-electron chi connectivity index (χ0n) is 16.1. The third-order valence-electron chi connectivity index (χ3n) is 4.96. The number of aromatic nitrogens is 2. The number of nitrogens with one attached hydrogen (secondary N) is 1. The molecule has 1 aliphatic heterocycles. The molecule has 1 fully saturated rings. The number of carbonyl (C=O) groups is 1. The van der Waals surface area contributed by atoms with Crippen LogP contribution in [0.5, 0.6) is 5.75 Å². The number of ether oxygens (including phenoxy) is 1. The number of urea groups is 1. The first kappa shape index (κ1) is 18.1. The van der Waals surface area contributed by atoms with Crippen LogP contribution in [-0.2, 0) is 0 Å². The van der Waals surface area contributed by atoms with Gasteiger partial charge in [-0.2, -0.15) is 0 Å². The molecule has 0 aliphatic carbocycles. The van der Waals surface area contributed by atoms with Crippen molar-refractivity contribution in [1.82, 2.24) is 14.5 Å². The van der Waals surface area contributed by atoms with Crippen LogP contribution < -0.4 is 10.1 Å². The summed E-state index contributed by atoms with van der Waals surface area (Å²) >= 11 is 0. The number of imidazole rings is 1. The average molecular weight is 376 g/mol. The number of benzene rings is 2. The predicted octanol–water partition coefficient (Wildman–Crippen LogP) is 4.35. The molecule has 1 aliphatic rings. The highest BCUT2D eigenvalue weighted by Gasteiger charge is 2.34.